The van der Waals surface area contributed by atoms with Gasteiger partial charge in [0, 0.05) is 43.3 Å². The van der Waals surface area contributed by atoms with Crippen molar-refractivity contribution in [3.63, 3.8) is 0 Å². The molecule has 0 aliphatic carbocycles. The van der Waals surface area contributed by atoms with Crippen molar-refractivity contribution in [1.29, 1.82) is 0 Å². The molecule has 0 radical (unpaired) electrons. The molecule has 3 aromatic rings. The largest absolute Gasteiger partial charge is 0.480 e. The van der Waals surface area contributed by atoms with E-state index in [9.17, 15) is 31.5 Å². The van der Waals surface area contributed by atoms with Crippen LogP contribution in [0.4, 0.5) is 0 Å². The minimum absolute atomic E-state index is 0.0307. The molecule has 202 valence electrons. The van der Waals surface area contributed by atoms with Crippen LogP contribution in [0.1, 0.15) is 24.2 Å². The van der Waals surface area contributed by atoms with Gasteiger partial charge in [0.1, 0.15) is 10.9 Å². The minimum Gasteiger partial charge on any atom is -0.480 e. The Labute approximate surface area is 221 Å². The SMILES string of the molecule is CC(C)[C@H](NC(=O)c1ccc(S(=O)(=O)N2CCN(S(=O)(=O)c3cccc4cccnc34)CC2)cc1)C(=O)O. The molecule has 11 nitrogen and oxygen atoms in total. The van der Waals surface area contributed by atoms with Gasteiger partial charge in [0.2, 0.25) is 20.0 Å². The molecule has 1 amide bonds. The summed E-state index contributed by atoms with van der Waals surface area (Å²) < 4.78 is 55.5. The van der Waals surface area contributed by atoms with Gasteiger partial charge in [-0.1, -0.05) is 32.0 Å². The van der Waals surface area contributed by atoms with Gasteiger partial charge in [-0.05, 0) is 42.3 Å². The average Bonchev–Trinajstić information content (AvgIpc) is 2.91. The summed E-state index contributed by atoms with van der Waals surface area (Å²) in [7, 11) is -7.85. The number of aliphatic carboxylic acids is 1. The molecule has 0 saturated carbocycles. The van der Waals surface area contributed by atoms with Crippen LogP contribution in [-0.2, 0) is 24.8 Å². The number of aromatic nitrogens is 1. The lowest BCUT2D eigenvalue weighted by atomic mass is 10.0. The van der Waals surface area contributed by atoms with Gasteiger partial charge in [-0.15, -0.1) is 0 Å². The van der Waals surface area contributed by atoms with Gasteiger partial charge in [-0.25, -0.2) is 21.6 Å². The fourth-order valence-corrected chi connectivity index (χ4v) is 7.25. The maximum atomic E-state index is 13.3. The number of benzene rings is 2. The van der Waals surface area contributed by atoms with Gasteiger partial charge in [0.25, 0.3) is 5.91 Å². The summed E-state index contributed by atoms with van der Waals surface area (Å²) >= 11 is 0. The van der Waals surface area contributed by atoms with Gasteiger partial charge in [-0.2, -0.15) is 8.61 Å². The number of carboxylic acids is 1. The molecule has 1 aliphatic rings. The molecule has 2 aromatic carbocycles. The molecule has 1 saturated heterocycles. The van der Waals surface area contributed by atoms with Crippen LogP contribution < -0.4 is 5.32 Å². The minimum atomic E-state index is -3.95. The van der Waals surface area contributed by atoms with E-state index in [0.717, 1.165) is 0 Å². The topological polar surface area (TPSA) is 154 Å². The lowest BCUT2D eigenvalue weighted by Gasteiger charge is -2.33. The molecule has 13 heteroatoms. The van der Waals surface area contributed by atoms with Crippen LogP contribution in [0.25, 0.3) is 10.9 Å². The van der Waals surface area contributed by atoms with Crippen LogP contribution >= 0.6 is 0 Å². The zero-order valence-electron chi connectivity index (χ0n) is 20.8. The predicted octanol–water partition coefficient (Wildman–Crippen LogP) is 1.77. The predicted molar refractivity (Wildman–Crippen MR) is 139 cm³/mol. The molecule has 0 spiro atoms. The Balaban J connectivity index is 1.46. The Morgan fingerprint density at radius 1 is 0.868 bits per heavy atom. The highest BCUT2D eigenvalue weighted by Gasteiger charge is 2.35. The molecule has 1 atom stereocenters. The molecule has 2 heterocycles. The number of pyridine rings is 1. The van der Waals surface area contributed by atoms with Crippen LogP contribution in [0.15, 0.2) is 70.6 Å². The lowest BCUT2D eigenvalue weighted by molar-refractivity contribution is -0.140. The number of para-hydroxylation sites is 1. The monoisotopic (exact) mass is 560 g/mol. The summed E-state index contributed by atoms with van der Waals surface area (Å²) in [6, 6.07) is 12.5. The highest BCUT2D eigenvalue weighted by atomic mass is 32.2. The first-order valence-electron chi connectivity index (χ1n) is 11.9. The van der Waals surface area contributed by atoms with E-state index in [1.807, 2.05) is 0 Å². The van der Waals surface area contributed by atoms with Gasteiger partial charge in [0.15, 0.2) is 0 Å². The van der Waals surface area contributed by atoms with E-state index in [1.54, 1.807) is 38.1 Å². The van der Waals surface area contributed by atoms with E-state index in [-0.39, 0.29) is 47.5 Å². The van der Waals surface area contributed by atoms with Crippen molar-refractivity contribution in [3.8, 4) is 0 Å². The Morgan fingerprint density at radius 2 is 1.45 bits per heavy atom. The van der Waals surface area contributed by atoms with Crippen LogP contribution in [-0.4, -0.2) is 79.6 Å². The van der Waals surface area contributed by atoms with E-state index in [1.165, 1.54) is 45.1 Å². The van der Waals surface area contributed by atoms with E-state index < -0.39 is 38.0 Å². The molecule has 2 N–H and O–H groups in total. The number of amides is 1. The Bertz CT molecular complexity index is 1560. The van der Waals surface area contributed by atoms with E-state index in [4.69, 9.17) is 0 Å². The number of fused-ring (bicyclic) bond motifs is 1. The fraction of sp³-hybridized carbons (Fsp3) is 0.320. The highest BCUT2D eigenvalue weighted by molar-refractivity contribution is 7.89. The zero-order chi connectivity index (χ0) is 27.7. The summed E-state index contributed by atoms with van der Waals surface area (Å²) in [5.41, 5.74) is 0.479. The molecule has 38 heavy (non-hydrogen) atoms. The number of rotatable bonds is 8. The maximum Gasteiger partial charge on any atom is 0.326 e. The van der Waals surface area contributed by atoms with Crippen LogP contribution in [0.2, 0.25) is 0 Å². The highest BCUT2D eigenvalue weighted by Crippen LogP contribution is 2.26. The normalized spacial score (nSPS) is 16.4. The first-order valence-corrected chi connectivity index (χ1v) is 14.8. The Hall–Kier alpha value is -3.39. The lowest BCUT2D eigenvalue weighted by Crippen LogP contribution is -2.50. The Kier molecular flexibility index (Phi) is 7.83. The molecule has 1 aliphatic heterocycles. The van der Waals surface area contributed by atoms with Crippen molar-refractivity contribution in [1.82, 2.24) is 18.9 Å². The third-order valence-electron chi connectivity index (χ3n) is 6.38. The first kappa shape index (κ1) is 27.6. The molecule has 0 bridgehead atoms. The number of carboxylic acid groups (broad SMARTS) is 1. The number of sulfonamides is 2. The van der Waals surface area contributed by atoms with Crippen molar-refractivity contribution < 1.29 is 31.5 Å². The second-order valence-corrected chi connectivity index (χ2v) is 13.0. The van der Waals surface area contributed by atoms with Crippen molar-refractivity contribution >= 4 is 42.8 Å². The van der Waals surface area contributed by atoms with Crippen LogP contribution in [0, 0.1) is 5.92 Å². The molecule has 1 aromatic heterocycles. The molecule has 0 unspecified atom stereocenters. The Morgan fingerprint density at radius 3 is 2.03 bits per heavy atom. The smallest absolute Gasteiger partial charge is 0.326 e. The van der Waals surface area contributed by atoms with Crippen LogP contribution in [0.3, 0.4) is 0 Å². The molecule has 1 fully saturated rings. The first-order chi connectivity index (χ1) is 17.9. The summed E-state index contributed by atoms with van der Waals surface area (Å²) in [6.45, 7) is 3.18. The third-order valence-corrected chi connectivity index (χ3v) is 10.2. The number of hydrogen-bond donors (Lipinski definition) is 2. The number of nitrogens with one attached hydrogen (secondary N) is 1. The van der Waals surface area contributed by atoms with Gasteiger partial charge >= 0.3 is 5.97 Å². The quantitative estimate of drug-likeness (QED) is 0.423. The third kappa shape index (κ3) is 5.41. The van der Waals surface area contributed by atoms with E-state index in [0.29, 0.717) is 10.9 Å². The van der Waals surface area contributed by atoms with Crippen LogP contribution in [0.5, 0.6) is 0 Å². The second kappa shape index (κ2) is 10.8. The average molecular weight is 561 g/mol. The van der Waals surface area contributed by atoms with Gasteiger partial charge < -0.3 is 10.4 Å². The molecule has 4 rings (SSSR count). The zero-order valence-corrected chi connectivity index (χ0v) is 22.4. The van der Waals surface area contributed by atoms with Gasteiger partial charge in [-0.3, -0.25) is 9.78 Å². The summed E-state index contributed by atoms with van der Waals surface area (Å²) in [5, 5.41) is 12.4. The summed E-state index contributed by atoms with van der Waals surface area (Å²) in [4.78, 5) is 28.0. The summed E-state index contributed by atoms with van der Waals surface area (Å²) in [6.07, 6.45) is 1.52. The van der Waals surface area contributed by atoms with Crippen molar-refractivity contribution in [2.45, 2.75) is 29.7 Å². The van der Waals surface area contributed by atoms with Crippen molar-refractivity contribution in [2.24, 2.45) is 5.92 Å². The number of nitrogens with zero attached hydrogens (tertiary/aromatic N) is 3. The standard InChI is InChI=1S/C25H28N4O7S2/c1-17(2)22(25(31)32)27-24(30)19-8-10-20(11-9-19)37(33,34)28-13-15-29(16-14-28)38(35,36)21-7-3-5-18-6-4-12-26-23(18)21/h3-12,17,22H,13-16H2,1-2H3,(H,27,30)(H,31,32)/t22-/m0/s1. The second-order valence-electron chi connectivity index (χ2n) is 9.20. The number of carbonyl (C=O) groups excluding carboxylic acids is 1. The number of hydrogen-bond acceptors (Lipinski definition) is 7. The van der Waals surface area contributed by atoms with Crippen molar-refractivity contribution in [2.75, 3.05) is 26.2 Å². The molecular formula is C25H28N4O7S2. The summed E-state index contributed by atoms with van der Waals surface area (Å²) in [5.74, 6) is -2.13. The number of piperazine rings is 1. The van der Waals surface area contributed by atoms with Gasteiger partial charge in [0.05, 0.1) is 10.4 Å². The maximum absolute atomic E-state index is 13.3. The van der Waals surface area contributed by atoms with E-state index >= 15 is 0 Å². The van der Waals surface area contributed by atoms with E-state index in [2.05, 4.69) is 10.3 Å². The number of carbonyl (C=O) groups is 2. The fourth-order valence-electron chi connectivity index (χ4n) is 4.24. The molecular weight excluding hydrogens is 532 g/mol. The van der Waals surface area contributed by atoms with Crippen molar-refractivity contribution in [3.05, 3.63) is 66.4 Å².